The van der Waals surface area contributed by atoms with Gasteiger partial charge < -0.3 is 19.9 Å². The van der Waals surface area contributed by atoms with E-state index in [-0.39, 0.29) is 23.9 Å². The molecule has 0 saturated carbocycles. The van der Waals surface area contributed by atoms with Crippen molar-refractivity contribution in [3.05, 3.63) is 74.4 Å². The summed E-state index contributed by atoms with van der Waals surface area (Å²) in [5.41, 5.74) is 4.16. The van der Waals surface area contributed by atoms with Crippen LogP contribution in [0.4, 0.5) is 0 Å². The van der Waals surface area contributed by atoms with Gasteiger partial charge in [0, 0.05) is 28.3 Å². The van der Waals surface area contributed by atoms with Crippen LogP contribution in [0.1, 0.15) is 41.3 Å². The molecular formula is C23H20BrNO5. The van der Waals surface area contributed by atoms with E-state index in [1.807, 2.05) is 18.2 Å². The fraction of sp³-hybridized carbons (Fsp3) is 0.217. The fourth-order valence-electron chi connectivity index (χ4n) is 4.06. The molecule has 2 aromatic rings. The molecule has 4 rings (SSSR count). The lowest BCUT2D eigenvalue weighted by atomic mass is 9.79. The molecule has 0 saturated heterocycles. The monoisotopic (exact) mass is 469 g/mol. The first-order valence-electron chi connectivity index (χ1n) is 9.48. The smallest absolute Gasteiger partial charge is 0.336 e. The number of methoxy groups -OCH3 is 1. The summed E-state index contributed by atoms with van der Waals surface area (Å²) in [6.45, 7) is 3.74. The third-order valence-corrected chi connectivity index (χ3v) is 5.95. The van der Waals surface area contributed by atoms with Gasteiger partial charge in [-0.25, -0.2) is 4.79 Å². The zero-order valence-electron chi connectivity index (χ0n) is 16.7. The van der Waals surface area contributed by atoms with Gasteiger partial charge in [-0.15, -0.1) is 0 Å². The second-order valence-electron chi connectivity index (χ2n) is 7.03. The van der Waals surface area contributed by atoms with E-state index in [4.69, 9.17) is 9.47 Å². The molecule has 1 aliphatic heterocycles. The van der Waals surface area contributed by atoms with Crippen molar-refractivity contribution in [1.29, 1.82) is 0 Å². The maximum atomic E-state index is 13.4. The Morgan fingerprint density at radius 1 is 1.23 bits per heavy atom. The fourth-order valence-corrected chi connectivity index (χ4v) is 4.52. The molecule has 2 N–H and O–H groups in total. The number of carbonyl (C=O) groups is 2. The Kier molecular flexibility index (Phi) is 5.15. The summed E-state index contributed by atoms with van der Waals surface area (Å²) < 4.78 is 11.0. The standard InChI is InChI=1S/C23H20BrNO5/c1-4-30-23(28)17-11(2)25-20-13-7-5-6-8-14(13)21(26)19(20)18(17)12-9-15(24)22(27)16(10-12)29-3/h5-10,18,25,27H,4H2,1-3H3/t18-/m1/s1. The zero-order valence-corrected chi connectivity index (χ0v) is 18.3. The van der Waals surface area contributed by atoms with Gasteiger partial charge in [-0.2, -0.15) is 0 Å². The predicted octanol–water partition coefficient (Wildman–Crippen LogP) is 4.29. The quantitative estimate of drug-likeness (QED) is 0.649. The minimum absolute atomic E-state index is 0.0520. The van der Waals surface area contributed by atoms with Crippen LogP contribution in [0.5, 0.6) is 11.5 Å². The van der Waals surface area contributed by atoms with Crippen LogP contribution in [0.25, 0.3) is 5.70 Å². The number of halogens is 1. The van der Waals surface area contributed by atoms with Crippen LogP contribution in [0, 0.1) is 0 Å². The van der Waals surface area contributed by atoms with Crippen LogP contribution < -0.4 is 10.1 Å². The van der Waals surface area contributed by atoms with Crippen LogP contribution in [-0.4, -0.2) is 30.6 Å². The van der Waals surface area contributed by atoms with Crippen molar-refractivity contribution in [3.8, 4) is 11.5 Å². The first-order chi connectivity index (χ1) is 14.4. The Hall–Kier alpha value is -3.06. The maximum Gasteiger partial charge on any atom is 0.336 e. The molecule has 7 heteroatoms. The normalized spacial score (nSPS) is 17.5. The molecule has 0 unspecified atom stereocenters. The van der Waals surface area contributed by atoms with E-state index in [1.54, 1.807) is 32.0 Å². The van der Waals surface area contributed by atoms with Gasteiger partial charge in [-0.3, -0.25) is 4.79 Å². The van der Waals surface area contributed by atoms with Crippen molar-refractivity contribution < 1.29 is 24.2 Å². The lowest BCUT2D eigenvalue weighted by molar-refractivity contribution is -0.138. The second-order valence-corrected chi connectivity index (χ2v) is 7.89. The van der Waals surface area contributed by atoms with Gasteiger partial charge in [0.05, 0.1) is 29.5 Å². The van der Waals surface area contributed by atoms with Crippen LogP contribution >= 0.6 is 15.9 Å². The molecule has 2 aliphatic rings. The molecule has 1 heterocycles. The summed E-state index contributed by atoms with van der Waals surface area (Å²) in [6.07, 6.45) is 0. The van der Waals surface area contributed by atoms with Crippen molar-refractivity contribution in [2.24, 2.45) is 0 Å². The summed E-state index contributed by atoms with van der Waals surface area (Å²) in [5.74, 6) is -1.12. The van der Waals surface area contributed by atoms with Crippen LogP contribution in [0.3, 0.4) is 0 Å². The van der Waals surface area contributed by atoms with Gasteiger partial charge >= 0.3 is 5.97 Å². The average molecular weight is 470 g/mol. The highest BCUT2D eigenvalue weighted by Crippen LogP contribution is 2.49. The molecule has 0 fully saturated rings. The van der Waals surface area contributed by atoms with E-state index in [1.165, 1.54) is 7.11 Å². The summed E-state index contributed by atoms with van der Waals surface area (Å²) >= 11 is 3.34. The van der Waals surface area contributed by atoms with Gasteiger partial charge in [-0.1, -0.05) is 24.3 Å². The molecule has 0 aromatic heterocycles. The predicted molar refractivity (Wildman–Crippen MR) is 115 cm³/mol. The number of phenolic OH excluding ortho intramolecular Hbond substituents is 1. The highest BCUT2D eigenvalue weighted by atomic mass is 79.9. The van der Waals surface area contributed by atoms with E-state index >= 15 is 0 Å². The molecule has 154 valence electrons. The lowest BCUT2D eigenvalue weighted by Crippen LogP contribution is -2.29. The average Bonchev–Trinajstić information content (AvgIpc) is 3.01. The van der Waals surface area contributed by atoms with Crippen molar-refractivity contribution in [2.45, 2.75) is 19.8 Å². The van der Waals surface area contributed by atoms with E-state index in [0.717, 1.165) is 5.56 Å². The molecule has 1 atom stereocenters. The number of hydrogen-bond donors (Lipinski definition) is 2. The first kappa shape index (κ1) is 20.2. The van der Waals surface area contributed by atoms with Crippen LogP contribution in [-0.2, 0) is 9.53 Å². The molecule has 1 aliphatic carbocycles. The summed E-state index contributed by atoms with van der Waals surface area (Å²) in [7, 11) is 1.45. The van der Waals surface area contributed by atoms with Gasteiger partial charge in [0.1, 0.15) is 0 Å². The van der Waals surface area contributed by atoms with Gasteiger partial charge in [0.25, 0.3) is 0 Å². The number of dihydropyridines is 1. The number of benzene rings is 2. The molecule has 0 bridgehead atoms. The summed E-state index contributed by atoms with van der Waals surface area (Å²) in [5, 5.41) is 13.5. The highest BCUT2D eigenvalue weighted by molar-refractivity contribution is 9.10. The lowest BCUT2D eigenvalue weighted by Gasteiger charge is -2.29. The van der Waals surface area contributed by atoms with E-state index in [2.05, 4.69) is 21.2 Å². The molecule has 0 radical (unpaired) electrons. The SMILES string of the molecule is CCOC(=O)C1=C(C)NC2=C(C(=O)c3ccccc32)[C@@H]1c1cc(Br)c(O)c(OC)c1. The maximum absolute atomic E-state index is 13.4. The Balaban J connectivity index is 1.97. The Morgan fingerprint density at radius 3 is 2.60 bits per heavy atom. The van der Waals surface area contributed by atoms with Gasteiger partial charge in [-0.05, 0) is 47.5 Å². The number of rotatable bonds is 4. The number of ether oxygens (including phenoxy) is 2. The number of nitrogens with one attached hydrogen (secondary N) is 1. The highest BCUT2D eigenvalue weighted by Gasteiger charge is 2.43. The number of hydrogen-bond acceptors (Lipinski definition) is 6. The van der Waals surface area contributed by atoms with Gasteiger partial charge in [0.15, 0.2) is 17.3 Å². The number of fused-ring (bicyclic) bond motifs is 2. The topological polar surface area (TPSA) is 84.9 Å². The molecule has 30 heavy (non-hydrogen) atoms. The second kappa shape index (κ2) is 7.65. The zero-order chi connectivity index (χ0) is 21.6. The summed E-state index contributed by atoms with van der Waals surface area (Å²) in [6, 6.07) is 10.7. The Morgan fingerprint density at radius 2 is 1.93 bits per heavy atom. The van der Waals surface area contributed by atoms with E-state index in [0.29, 0.717) is 38.1 Å². The van der Waals surface area contributed by atoms with Crippen molar-refractivity contribution in [2.75, 3.05) is 13.7 Å². The molecule has 0 amide bonds. The number of esters is 1. The third-order valence-electron chi connectivity index (χ3n) is 5.35. The minimum Gasteiger partial charge on any atom is -0.503 e. The number of phenols is 1. The largest absolute Gasteiger partial charge is 0.503 e. The molecule has 6 nitrogen and oxygen atoms in total. The van der Waals surface area contributed by atoms with Crippen molar-refractivity contribution in [1.82, 2.24) is 5.32 Å². The van der Waals surface area contributed by atoms with Gasteiger partial charge in [0.2, 0.25) is 0 Å². The van der Waals surface area contributed by atoms with Crippen molar-refractivity contribution in [3.63, 3.8) is 0 Å². The third kappa shape index (κ3) is 3.01. The molecule has 2 aromatic carbocycles. The van der Waals surface area contributed by atoms with Crippen LogP contribution in [0.15, 0.2) is 57.7 Å². The number of carbonyl (C=O) groups excluding carboxylic acids is 2. The van der Waals surface area contributed by atoms with Crippen LogP contribution in [0.2, 0.25) is 0 Å². The van der Waals surface area contributed by atoms with E-state index < -0.39 is 11.9 Å². The summed E-state index contributed by atoms with van der Waals surface area (Å²) in [4.78, 5) is 26.3. The molecular weight excluding hydrogens is 450 g/mol. The first-order valence-corrected chi connectivity index (χ1v) is 10.3. The Labute approximate surface area is 182 Å². The molecule has 0 spiro atoms. The number of allylic oxidation sites excluding steroid dienone is 2. The van der Waals surface area contributed by atoms with Crippen molar-refractivity contribution >= 4 is 33.4 Å². The number of ketones is 1. The van der Waals surface area contributed by atoms with E-state index in [9.17, 15) is 14.7 Å². The number of aromatic hydroxyl groups is 1. The number of Topliss-reactive ketones (excluding diaryl/α,β-unsaturated/α-hetero) is 1. The Bertz CT molecular complexity index is 1150. The minimum atomic E-state index is -0.675.